The van der Waals surface area contributed by atoms with Crippen LogP contribution < -0.4 is 4.74 Å². The molecule has 0 radical (unpaired) electrons. The van der Waals surface area contributed by atoms with Crippen LogP contribution in [-0.4, -0.2) is 79.4 Å². The first kappa shape index (κ1) is 26.0. The SMILES string of the molecule is COc1ccccc1/C=C/CN(CCN1CCN(C(=O)c2ccccc2)CC1)C(=O)C1CCCCC1. The molecule has 192 valence electrons. The fraction of sp³-hybridized carbons (Fsp3) is 0.467. The first-order chi connectivity index (χ1) is 17.7. The third-order valence-corrected chi connectivity index (χ3v) is 7.39. The maximum absolute atomic E-state index is 13.4. The molecule has 2 amide bonds. The van der Waals surface area contributed by atoms with Crippen molar-refractivity contribution >= 4 is 17.9 Å². The summed E-state index contributed by atoms with van der Waals surface area (Å²) in [6.45, 7) is 5.24. The van der Waals surface area contributed by atoms with Crippen LogP contribution in [0.25, 0.3) is 6.08 Å². The molecule has 6 nitrogen and oxygen atoms in total. The number of nitrogens with zero attached hydrogens (tertiary/aromatic N) is 3. The van der Waals surface area contributed by atoms with Crippen LogP contribution in [0.15, 0.2) is 60.7 Å². The van der Waals surface area contributed by atoms with Gasteiger partial charge in [-0.05, 0) is 31.0 Å². The highest BCUT2D eigenvalue weighted by Gasteiger charge is 2.27. The zero-order chi connectivity index (χ0) is 25.2. The van der Waals surface area contributed by atoms with Crippen molar-refractivity contribution in [3.8, 4) is 5.75 Å². The molecule has 2 aromatic carbocycles. The van der Waals surface area contributed by atoms with Crippen LogP contribution in [0.4, 0.5) is 0 Å². The molecule has 1 aliphatic carbocycles. The number of amides is 2. The van der Waals surface area contributed by atoms with Gasteiger partial charge in [-0.3, -0.25) is 14.5 Å². The van der Waals surface area contributed by atoms with Crippen molar-refractivity contribution in [3.63, 3.8) is 0 Å². The van der Waals surface area contributed by atoms with Crippen molar-refractivity contribution in [1.29, 1.82) is 0 Å². The Morgan fingerprint density at radius 3 is 2.36 bits per heavy atom. The Morgan fingerprint density at radius 1 is 0.944 bits per heavy atom. The number of carbonyl (C=O) groups excluding carboxylic acids is 2. The molecule has 4 rings (SSSR count). The Bertz CT molecular complexity index is 1010. The molecule has 0 unspecified atom stereocenters. The van der Waals surface area contributed by atoms with E-state index in [1.807, 2.05) is 70.5 Å². The summed E-state index contributed by atoms with van der Waals surface area (Å²) in [5.74, 6) is 1.38. The monoisotopic (exact) mass is 489 g/mol. The third kappa shape index (κ3) is 6.97. The molecule has 6 heteroatoms. The van der Waals surface area contributed by atoms with Gasteiger partial charge in [-0.15, -0.1) is 0 Å². The Hall–Kier alpha value is -3.12. The zero-order valence-electron chi connectivity index (χ0n) is 21.5. The lowest BCUT2D eigenvalue weighted by atomic mass is 9.88. The van der Waals surface area contributed by atoms with Crippen molar-refractivity contribution in [2.75, 3.05) is 52.9 Å². The molecule has 0 N–H and O–H groups in total. The fourth-order valence-corrected chi connectivity index (χ4v) is 5.21. The molecule has 2 aromatic rings. The zero-order valence-corrected chi connectivity index (χ0v) is 21.5. The summed E-state index contributed by atoms with van der Waals surface area (Å²) in [7, 11) is 1.68. The predicted octanol–water partition coefficient (Wildman–Crippen LogP) is 4.58. The highest BCUT2D eigenvalue weighted by Crippen LogP contribution is 2.26. The second-order valence-corrected chi connectivity index (χ2v) is 9.76. The first-order valence-corrected chi connectivity index (χ1v) is 13.3. The van der Waals surface area contributed by atoms with E-state index in [4.69, 9.17) is 4.74 Å². The molecule has 1 saturated carbocycles. The third-order valence-electron chi connectivity index (χ3n) is 7.39. The normalized spacial score (nSPS) is 17.3. The molecule has 1 saturated heterocycles. The van der Waals surface area contributed by atoms with Crippen molar-refractivity contribution in [2.45, 2.75) is 32.1 Å². The van der Waals surface area contributed by atoms with Crippen LogP contribution in [0.1, 0.15) is 48.0 Å². The van der Waals surface area contributed by atoms with Crippen molar-refractivity contribution in [3.05, 3.63) is 71.8 Å². The molecule has 0 aromatic heterocycles. The molecule has 0 spiro atoms. The van der Waals surface area contributed by atoms with Crippen molar-refractivity contribution < 1.29 is 14.3 Å². The summed E-state index contributed by atoms with van der Waals surface area (Å²) in [5.41, 5.74) is 1.77. The van der Waals surface area contributed by atoms with Gasteiger partial charge in [-0.25, -0.2) is 0 Å². The molecule has 0 bridgehead atoms. The number of methoxy groups -OCH3 is 1. The number of piperazine rings is 1. The summed E-state index contributed by atoms with van der Waals surface area (Å²) < 4.78 is 5.46. The second-order valence-electron chi connectivity index (χ2n) is 9.76. The second kappa shape index (κ2) is 13.3. The number of hydrogen-bond donors (Lipinski definition) is 0. The Balaban J connectivity index is 1.33. The summed E-state index contributed by atoms with van der Waals surface area (Å²) in [6.07, 6.45) is 9.68. The molecule has 1 aliphatic heterocycles. The average molecular weight is 490 g/mol. The highest BCUT2D eigenvalue weighted by atomic mass is 16.5. The summed E-state index contributed by atoms with van der Waals surface area (Å²) in [5, 5.41) is 0. The van der Waals surface area contributed by atoms with Gasteiger partial charge in [0.05, 0.1) is 7.11 Å². The lowest BCUT2D eigenvalue weighted by Gasteiger charge is -2.36. The summed E-state index contributed by atoms with van der Waals surface area (Å²) >= 11 is 0. The van der Waals surface area contributed by atoms with Crippen LogP contribution in [-0.2, 0) is 4.79 Å². The van der Waals surface area contributed by atoms with Gasteiger partial charge in [-0.1, -0.05) is 67.8 Å². The summed E-state index contributed by atoms with van der Waals surface area (Å²) in [6, 6.07) is 17.4. The smallest absolute Gasteiger partial charge is 0.253 e. The van der Waals surface area contributed by atoms with Gasteiger partial charge < -0.3 is 14.5 Å². The number of benzene rings is 2. The van der Waals surface area contributed by atoms with Gasteiger partial charge in [-0.2, -0.15) is 0 Å². The molecule has 1 heterocycles. The molecule has 2 aliphatic rings. The van der Waals surface area contributed by atoms with Gasteiger partial charge in [0, 0.05) is 62.9 Å². The van der Waals surface area contributed by atoms with Crippen molar-refractivity contribution in [1.82, 2.24) is 14.7 Å². The number of hydrogen-bond acceptors (Lipinski definition) is 4. The molecule has 0 atom stereocenters. The van der Waals surface area contributed by atoms with Gasteiger partial charge in [0.25, 0.3) is 5.91 Å². The van der Waals surface area contributed by atoms with Crippen LogP contribution in [0.5, 0.6) is 5.75 Å². The average Bonchev–Trinajstić information content (AvgIpc) is 2.95. The van der Waals surface area contributed by atoms with Crippen LogP contribution in [0, 0.1) is 5.92 Å². The van der Waals surface area contributed by atoms with Gasteiger partial charge in [0.2, 0.25) is 5.91 Å². The van der Waals surface area contributed by atoms with Gasteiger partial charge in [0.1, 0.15) is 5.75 Å². The van der Waals surface area contributed by atoms with E-state index in [0.29, 0.717) is 13.1 Å². The minimum absolute atomic E-state index is 0.103. The first-order valence-electron chi connectivity index (χ1n) is 13.3. The van der Waals surface area contributed by atoms with Gasteiger partial charge >= 0.3 is 0 Å². The number of carbonyl (C=O) groups is 2. The maximum atomic E-state index is 13.4. The van der Waals surface area contributed by atoms with E-state index < -0.39 is 0 Å². The minimum Gasteiger partial charge on any atom is -0.496 e. The number of ether oxygens (including phenoxy) is 1. The topological polar surface area (TPSA) is 53.1 Å². The summed E-state index contributed by atoms with van der Waals surface area (Å²) in [4.78, 5) is 32.5. The highest BCUT2D eigenvalue weighted by molar-refractivity contribution is 5.94. The number of para-hydroxylation sites is 1. The standard InChI is InChI=1S/C30H39N3O3/c1-36-28-17-9-8-11-25(28)16-10-18-32(29(34)26-12-4-2-5-13-26)22-19-31-20-23-33(24-21-31)30(35)27-14-6-3-7-15-27/h3,6-11,14-17,26H,2,4-5,12-13,18-24H2,1H3/b16-10+. The van der Waals surface area contributed by atoms with E-state index in [0.717, 1.165) is 75.3 Å². The quantitative estimate of drug-likeness (QED) is 0.518. The lowest BCUT2D eigenvalue weighted by Crippen LogP contribution is -2.51. The molecular formula is C30H39N3O3. The Labute approximate surface area is 215 Å². The van der Waals surface area contributed by atoms with Crippen LogP contribution >= 0.6 is 0 Å². The number of rotatable bonds is 9. The van der Waals surface area contributed by atoms with E-state index >= 15 is 0 Å². The largest absolute Gasteiger partial charge is 0.496 e. The molecule has 36 heavy (non-hydrogen) atoms. The predicted molar refractivity (Wildman–Crippen MR) is 144 cm³/mol. The van der Waals surface area contributed by atoms with Crippen LogP contribution in [0.2, 0.25) is 0 Å². The van der Waals surface area contributed by atoms with Crippen LogP contribution in [0.3, 0.4) is 0 Å². The lowest BCUT2D eigenvalue weighted by molar-refractivity contribution is -0.136. The Morgan fingerprint density at radius 2 is 1.64 bits per heavy atom. The van der Waals surface area contributed by atoms with E-state index in [1.54, 1.807) is 7.11 Å². The maximum Gasteiger partial charge on any atom is 0.253 e. The minimum atomic E-state index is 0.103. The van der Waals surface area contributed by atoms with E-state index in [1.165, 1.54) is 6.42 Å². The molecular weight excluding hydrogens is 450 g/mol. The van der Waals surface area contributed by atoms with E-state index in [9.17, 15) is 9.59 Å². The van der Waals surface area contributed by atoms with Crippen molar-refractivity contribution in [2.24, 2.45) is 5.92 Å². The van der Waals surface area contributed by atoms with E-state index in [2.05, 4.69) is 11.0 Å². The fourth-order valence-electron chi connectivity index (χ4n) is 5.21. The van der Waals surface area contributed by atoms with Gasteiger partial charge in [0.15, 0.2) is 0 Å². The molecule has 2 fully saturated rings. The van der Waals surface area contributed by atoms with E-state index in [-0.39, 0.29) is 17.7 Å². The Kier molecular flexibility index (Phi) is 9.56.